The van der Waals surface area contributed by atoms with E-state index in [4.69, 9.17) is 0 Å². The fourth-order valence-electron chi connectivity index (χ4n) is 2.93. The molecule has 29 heavy (non-hydrogen) atoms. The lowest BCUT2D eigenvalue weighted by Gasteiger charge is -2.20. The van der Waals surface area contributed by atoms with Gasteiger partial charge in [-0.25, -0.2) is 0 Å². The first-order valence-corrected chi connectivity index (χ1v) is 9.83. The molecule has 3 rings (SSSR count). The first-order chi connectivity index (χ1) is 13.9. The summed E-state index contributed by atoms with van der Waals surface area (Å²) in [6.07, 6.45) is 6.37. The molecule has 0 heterocycles. The van der Waals surface area contributed by atoms with E-state index < -0.39 is 0 Å². The van der Waals surface area contributed by atoms with Gasteiger partial charge >= 0.3 is 0 Å². The molecule has 0 aliphatic heterocycles. The first-order valence-electron chi connectivity index (χ1n) is 9.83. The van der Waals surface area contributed by atoms with Crippen LogP contribution < -0.4 is 5.32 Å². The van der Waals surface area contributed by atoms with Crippen molar-refractivity contribution < 1.29 is 4.79 Å². The highest BCUT2D eigenvalue weighted by Crippen LogP contribution is 2.21. The van der Waals surface area contributed by atoms with Crippen molar-refractivity contribution in [3.05, 3.63) is 113 Å². The number of hydrogen-bond acceptors (Lipinski definition) is 1. The fourth-order valence-corrected chi connectivity index (χ4v) is 2.93. The lowest BCUT2D eigenvalue weighted by atomic mass is 10.0. The zero-order valence-electron chi connectivity index (χ0n) is 17.2. The van der Waals surface area contributed by atoms with Crippen LogP contribution in [0.25, 0.3) is 17.7 Å². The van der Waals surface area contributed by atoms with Crippen molar-refractivity contribution in [2.45, 2.75) is 26.3 Å². The minimum absolute atomic E-state index is 0.0537. The number of rotatable bonds is 5. The van der Waals surface area contributed by atoms with E-state index in [1.165, 1.54) is 0 Å². The minimum atomic E-state index is -0.248. The Balaban J connectivity index is 1.83. The summed E-state index contributed by atoms with van der Waals surface area (Å²) < 4.78 is 0. The van der Waals surface area contributed by atoms with Crippen LogP contribution in [0.3, 0.4) is 0 Å². The van der Waals surface area contributed by atoms with E-state index in [0.717, 1.165) is 22.3 Å². The van der Waals surface area contributed by atoms with Gasteiger partial charge in [0.05, 0.1) is 0 Å². The van der Waals surface area contributed by atoms with Crippen molar-refractivity contribution in [1.29, 1.82) is 0 Å². The van der Waals surface area contributed by atoms with Gasteiger partial charge in [0.2, 0.25) is 0 Å². The molecule has 0 fully saturated rings. The van der Waals surface area contributed by atoms with Crippen LogP contribution in [0, 0.1) is 0 Å². The number of hydrogen-bond donors (Lipinski definition) is 1. The quantitative estimate of drug-likeness (QED) is 0.398. The van der Waals surface area contributed by atoms with Gasteiger partial charge in [-0.3, -0.25) is 4.79 Å². The number of carbonyl (C=O) groups is 1. The Morgan fingerprint density at radius 3 is 1.90 bits per heavy atom. The van der Waals surface area contributed by atoms with Gasteiger partial charge in [0, 0.05) is 11.1 Å². The van der Waals surface area contributed by atoms with Crippen molar-refractivity contribution in [3.8, 4) is 0 Å². The van der Waals surface area contributed by atoms with Gasteiger partial charge in [-0.1, -0.05) is 84.9 Å². The second-order valence-electron chi connectivity index (χ2n) is 8.04. The summed E-state index contributed by atoms with van der Waals surface area (Å²) in [5.41, 5.74) is 4.92. The number of amides is 1. The molecule has 0 atom stereocenters. The van der Waals surface area contributed by atoms with Crippen molar-refractivity contribution >= 4 is 23.6 Å². The third-order valence-electron chi connectivity index (χ3n) is 4.35. The second kappa shape index (κ2) is 9.20. The van der Waals surface area contributed by atoms with Crippen LogP contribution in [0.15, 0.2) is 91.0 Å². The minimum Gasteiger partial charge on any atom is -0.347 e. The summed E-state index contributed by atoms with van der Waals surface area (Å²) in [5.74, 6) is -0.0537. The highest BCUT2D eigenvalue weighted by molar-refractivity contribution is 5.95. The Labute approximate surface area is 173 Å². The average Bonchev–Trinajstić information content (AvgIpc) is 2.71. The maximum Gasteiger partial charge on any atom is 0.251 e. The molecule has 0 saturated carbocycles. The normalized spacial score (nSPS) is 12.2. The van der Waals surface area contributed by atoms with Crippen LogP contribution in [0.4, 0.5) is 0 Å². The van der Waals surface area contributed by atoms with E-state index in [0.29, 0.717) is 5.56 Å². The van der Waals surface area contributed by atoms with Gasteiger partial charge in [0.15, 0.2) is 0 Å². The molecular formula is C27H27NO. The molecule has 0 spiro atoms. The number of carbonyl (C=O) groups excluding carboxylic acids is 1. The number of benzene rings is 3. The Hall–Kier alpha value is -3.39. The fraction of sp³-hybridized carbons (Fsp3) is 0.148. The summed E-state index contributed by atoms with van der Waals surface area (Å²) in [6, 6.07) is 28.3. The monoisotopic (exact) mass is 381 g/mol. The number of allylic oxidation sites excluding steroid dienone is 2. The molecule has 2 heteroatoms. The standard InChI is InChI=1S/C27H27NO/c1-27(2,3)28-26(29)24-17-14-21(15-18-24)16-19-25(23-12-8-5-9-13-23)20-22-10-6-4-7-11-22/h4-20H,1-3H3,(H,28,29)/b19-16+,25-20-. The molecule has 146 valence electrons. The van der Waals surface area contributed by atoms with Crippen LogP contribution in [0.1, 0.15) is 47.8 Å². The van der Waals surface area contributed by atoms with Crippen LogP contribution >= 0.6 is 0 Å². The van der Waals surface area contributed by atoms with Crippen molar-refractivity contribution in [2.75, 3.05) is 0 Å². The smallest absolute Gasteiger partial charge is 0.251 e. The van der Waals surface area contributed by atoms with E-state index in [1.54, 1.807) is 0 Å². The predicted octanol–water partition coefficient (Wildman–Crippen LogP) is 6.47. The highest BCUT2D eigenvalue weighted by Gasteiger charge is 2.14. The molecule has 0 aliphatic carbocycles. The van der Waals surface area contributed by atoms with E-state index in [9.17, 15) is 4.79 Å². The van der Waals surface area contributed by atoms with E-state index >= 15 is 0 Å². The Morgan fingerprint density at radius 2 is 1.31 bits per heavy atom. The van der Waals surface area contributed by atoms with Crippen LogP contribution in [0.5, 0.6) is 0 Å². The first kappa shape index (κ1) is 20.3. The Kier molecular flexibility index (Phi) is 6.46. The van der Waals surface area contributed by atoms with E-state index in [2.05, 4.69) is 47.8 Å². The van der Waals surface area contributed by atoms with Gasteiger partial charge in [0.25, 0.3) is 5.91 Å². The number of nitrogens with one attached hydrogen (secondary N) is 1. The molecular weight excluding hydrogens is 354 g/mol. The summed E-state index contributed by atoms with van der Waals surface area (Å²) in [7, 11) is 0. The summed E-state index contributed by atoms with van der Waals surface area (Å²) in [4.78, 5) is 12.3. The predicted molar refractivity (Wildman–Crippen MR) is 123 cm³/mol. The zero-order chi connectivity index (χ0) is 20.7. The maximum atomic E-state index is 12.3. The molecule has 0 unspecified atom stereocenters. The van der Waals surface area contributed by atoms with E-state index in [-0.39, 0.29) is 11.4 Å². The Bertz CT molecular complexity index is 992. The summed E-state index contributed by atoms with van der Waals surface area (Å²) in [6.45, 7) is 5.94. The van der Waals surface area contributed by atoms with Crippen molar-refractivity contribution in [1.82, 2.24) is 5.32 Å². The molecule has 0 aromatic heterocycles. The lowest BCUT2D eigenvalue weighted by molar-refractivity contribution is 0.0919. The van der Waals surface area contributed by atoms with Crippen LogP contribution in [0.2, 0.25) is 0 Å². The van der Waals surface area contributed by atoms with Crippen LogP contribution in [-0.2, 0) is 0 Å². The van der Waals surface area contributed by atoms with Gasteiger partial charge in [0.1, 0.15) is 0 Å². The SMILES string of the molecule is CC(C)(C)NC(=O)c1ccc(/C=C/C(=C/c2ccccc2)c2ccccc2)cc1. The molecule has 3 aromatic rings. The Morgan fingerprint density at radius 1 is 0.724 bits per heavy atom. The van der Waals surface area contributed by atoms with Crippen molar-refractivity contribution in [3.63, 3.8) is 0 Å². The van der Waals surface area contributed by atoms with Gasteiger partial charge in [-0.15, -0.1) is 0 Å². The molecule has 3 aromatic carbocycles. The maximum absolute atomic E-state index is 12.3. The highest BCUT2D eigenvalue weighted by atomic mass is 16.1. The molecule has 0 aliphatic rings. The molecule has 2 nitrogen and oxygen atoms in total. The second-order valence-corrected chi connectivity index (χ2v) is 8.04. The van der Waals surface area contributed by atoms with Crippen LogP contribution in [-0.4, -0.2) is 11.4 Å². The average molecular weight is 382 g/mol. The summed E-state index contributed by atoms with van der Waals surface area (Å²) >= 11 is 0. The molecule has 1 amide bonds. The molecule has 0 bridgehead atoms. The third kappa shape index (κ3) is 6.32. The molecule has 0 radical (unpaired) electrons. The third-order valence-corrected chi connectivity index (χ3v) is 4.35. The van der Waals surface area contributed by atoms with Crippen molar-refractivity contribution in [2.24, 2.45) is 0 Å². The van der Waals surface area contributed by atoms with Gasteiger partial charge in [-0.2, -0.15) is 0 Å². The molecule has 1 N–H and O–H groups in total. The van der Waals surface area contributed by atoms with Gasteiger partial charge in [-0.05, 0) is 61.2 Å². The largest absolute Gasteiger partial charge is 0.347 e. The zero-order valence-corrected chi connectivity index (χ0v) is 17.2. The lowest BCUT2D eigenvalue weighted by Crippen LogP contribution is -2.40. The molecule has 0 saturated heterocycles. The van der Waals surface area contributed by atoms with Gasteiger partial charge < -0.3 is 5.32 Å². The summed E-state index contributed by atoms with van der Waals surface area (Å²) in [5, 5.41) is 2.99. The van der Waals surface area contributed by atoms with E-state index in [1.807, 2.05) is 81.4 Å². The topological polar surface area (TPSA) is 29.1 Å².